The summed E-state index contributed by atoms with van der Waals surface area (Å²) in [5.41, 5.74) is 3.29. The van der Waals surface area contributed by atoms with Crippen molar-refractivity contribution < 1.29 is 4.79 Å². The summed E-state index contributed by atoms with van der Waals surface area (Å²) in [5.74, 6) is 0. The third-order valence-corrected chi connectivity index (χ3v) is 4.53. The standard InChI is InChI=1S/C16H22N2O/c1-13-10-14(12-19)5-6-16(13)18-9-8-17-7-3-2-4-15(17)11-18/h5-6,10,12,15H,2-4,7-9,11H2,1H3. The quantitative estimate of drug-likeness (QED) is 0.761. The van der Waals surface area contributed by atoms with Gasteiger partial charge in [0.15, 0.2) is 0 Å². The van der Waals surface area contributed by atoms with Crippen LogP contribution in [0.15, 0.2) is 18.2 Å². The Kier molecular flexibility index (Phi) is 3.56. The Morgan fingerprint density at radius 1 is 1.21 bits per heavy atom. The number of piperidine rings is 1. The molecule has 0 aromatic heterocycles. The third-order valence-electron chi connectivity index (χ3n) is 4.53. The van der Waals surface area contributed by atoms with Crippen LogP contribution in [0.5, 0.6) is 0 Å². The van der Waals surface area contributed by atoms with Gasteiger partial charge >= 0.3 is 0 Å². The number of benzene rings is 1. The SMILES string of the molecule is Cc1cc(C=O)ccc1N1CCN2CCCCC2C1. The van der Waals surface area contributed by atoms with Crippen LogP contribution in [-0.2, 0) is 0 Å². The molecule has 3 nitrogen and oxygen atoms in total. The fraction of sp³-hybridized carbons (Fsp3) is 0.562. The minimum absolute atomic E-state index is 0.729. The molecule has 1 unspecified atom stereocenters. The average Bonchev–Trinajstić information content (AvgIpc) is 2.46. The molecule has 2 aliphatic rings. The highest BCUT2D eigenvalue weighted by Crippen LogP contribution is 2.27. The van der Waals surface area contributed by atoms with E-state index < -0.39 is 0 Å². The molecule has 1 atom stereocenters. The zero-order valence-corrected chi connectivity index (χ0v) is 11.6. The molecule has 1 aromatic rings. The fourth-order valence-corrected chi connectivity index (χ4v) is 3.48. The van der Waals surface area contributed by atoms with E-state index in [-0.39, 0.29) is 0 Å². The first kappa shape index (κ1) is 12.7. The fourth-order valence-electron chi connectivity index (χ4n) is 3.48. The minimum atomic E-state index is 0.729. The summed E-state index contributed by atoms with van der Waals surface area (Å²) in [6, 6.07) is 6.77. The smallest absolute Gasteiger partial charge is 0.150 e. The summed E-state index contributed by atoms with van der Waals surface area (Å²) in [4.78, 5) is 16.0. The molecular formula is C16H22N2O. The van der Waals surface area contributed by atoms with Gasteiger partial charge in [-0.25, -0.2) is 0 Å². The van der Waals surface area contributed by atoms with Crippen molar-refractivity contribution in [3.8, 4) is 0 Å². The highest BCUT2D eigenvalue weighted by molar-refractivity contribution is 5.77. The predicted octanol–water partition coefficient (Wildman–Crippen LogP) is 2.48. The number of anilines is 1. The second-order valence-electron chi connectivity index (χ2n) is 5.80. The highest BCUT2D eigenvalue weighted by atomic mass is 16.1. The van der Waals surface area contributed by atoms with Crippen LogP contribution in [0.3, 0.4) is 0 Å². The second-order valence-corrected chi connectivity index (χ2v) is 5.80. The van der Waals surface area contributed by atoms with Crippen molar-refractivity contribution in [1.29, 1.82) is 0 Å². The van der Waals surface area contributed by atoms with Crippen molar-refractivity contribution in [2.45, 2.75) is 32.2 Å². The molecule has 0 aliphatic carbocycles. The molecule has 0 spiro atoms. The molecule has 0 bridgehead atoms. The molecule has 102 valence electrons. The lowest BCUT2D eigenvalue weighted by Crippen LogP contribution is -2.55. The molecular weight excluding hydrogens is 236 g/mol. The molecule has 1 aromatic carbocycles. The van der Waals surface area contributed by atoms with Crippen molar-refractivity contribution in [2.75, 3.05) is 31.1 Å². The molecule has 2 heterocycles. The zero-order valence-electron chi connectivity index (χ0n) is 11.6. The van der Waals surface area contributed by atoms with Crippen LogP contribution < -0.4 is 4.90 Å². The van der Waals surface area contributed by atoms with Crippen molar-refractivity contribution in [1.82, 2.24) is 4.90 Å². The summed E-state index contributed by atoms with van der Waals surface area (Å²) in [6.07, 6.45) is 5.00. The van der Waals surface area contributed by atoms with Gasteiger partial charge in [0.25, 0.3) is 0 Å². The summed E-state index contributed by atoms with van der Waals surface area (Å²) in [5, 5.41) is 0. The van der Waals surface area contributed by atoms with E-state index in [2.05, 4.69) is 22.8 Å². The van der Waals surface area contributed by atoms with Crippen LogP contribution in [0.4, 0.5) is 5.69 Å². The minimum Gasteiger partial charge on any atom is -0.368 e. The number of piperazine rings is 1. The topological polar surface area (TPSA) is 23.6 Å². The summed E-state index contributed by atoms with van der Waals surface area (Å²) in [6.45, 7) is 6.82. The van der Waals surface area contributed by atoms with E-state index in [0.717, 1.165) is 31.0 Å². The Balaban J connectivity index is 1.77. The number of fused-ring (bicyclic) bond motifs is 1. The number of hydrogen-bond acceptors (Lipinski definition) is 3. The summed E-state index contributed by atoms with van der Waals surface area (Å²) in [7, 11) is 0. The second kappa shape index (κ2) is 5.33. The number of nitrogens with zero attached hydrogens (tertiary/aromatic N) is 2. The van der Waals surface area contributed by atoms with Gasteiger partial charge in [-0.15, -0.1) is 0 Å². The van der Waals surface area contributed by atoms with E-state index in [0.29, 0.717) is 0 Å². The van der Waals surface area contributed by atoms with Crippen LogP contribution in [0, 0.1) is 6.92 Å². The summed E-state index contributed by atoms with van der Waals surface area (Å²) < 4.78 is 0. The van der Waals surface area contributed by atoms with Gasteiger partial charge in [0.05, 0.1) is 0 Å². The van der Waals surface area contributed by atoms with E-state index in [1.807, 2.05) is 12.1 Å². The van der Waals surface area contributed by atoms with Crippen molar-refractivity contribution in [3.63, 3.8) is 0 Å². The van der Waals surface area contributed by atoms with Crippen LogP contribution in [0.25, 0.3) is 0 Å². The Hall–Kier alpha value is -1.35. The first-order chi connectivity index (χ1) is 9.28. The maximum absolute atomic E-state index is 10.8. The molecule has 3 rings (SSSR count). The van der Waals surface area contributed by atoms with Gasteiger partial charge in [-0.2, -0.15) is 0 Å². The first-order valence-electron chi connectivity index (χ1n) is 7.33. The molecule has 0 N–H and O–H groups in total. The van der Waals surface area contributed by atoms with Crippen LogP contribution in [0.2, 0.25) is 0 Å². The Morgan fingerprint density at radius 2 is 2.11 bits per heavy atom. The Labute approximate surface area is 115 Å². The third kappa shape index (κ3) is 2.52. The number of rotatable bonds is 2. The molecule has 2 aliphatic heterocycles. The van der Waals surface area contributed by atoms with E-state index in [1.54, 1.807) is 0 Å². The van der Waals surface area contributed by atoms with Crippen molar-refractivity contribution in [3.05, 3.63) is 29.3 Å². The molecule has 2 fully saturated rings. The van der Waals surface area contributed by atoms with Gasteiger partial charge in [0.2, 0.25) is 0 Å². The Bertz CT molecular complexity index is 472. The molecule has 0 saturated carbocycles. The number of aldehydes is 1. The monoisotopic (exact) mass is 258 g/mol. The largest absolute Gasteiger partial charge is 0.368 e. The number of aryl methyl sites for hydroxylation is 1. The normalized spacial score (nSPS) is 24.1. The lowest BCUT2D eigenvalue weighted by atomic mass is 9.98. The van der Waals surface area contributed by atoms with Crippen LogP contribution >= 0.6 is 0 Å². The number of hydrogen-bond donors (Lipinski definition) is 0. The molecule has 3 heteroatoms. The van der Waals surface area contributed by atoms with Gasteiger partial charge in [0.1, 0.15) is 6.29 Å². The average molecular weight is 258 g/mol. The molecule has 0 radical (unpaired) electrons. The van der Waals surface area contributed by atoms with Gasteiger partial charge in [-0.1, -0.05) is 6.42 Å². The van der Waals surface area contributed by atoms with Gasteiger partial charge < -0.3 is 4.90 Å². The van der Waals surface area contributed by atoms with Crippen molar-refractivity contribution >= 4 is 12.0 Å². The van der Waals surface area contributed by atoms with Crippen LogP contribution in [0.1, 0.15) is 35.2 Å². The first-order valence-corrected chi connectivity index (χ1v) is 7.33. The van der Waals surface area contributed by atoms with Gasteiger partial charge in [-0.3, -0.25) is 9.69 Å². The highest BCUT2D eigenvalue weighted by Gasteiger charge is 2.29. The summed E-state index contributed by atoms with van der Waals surface area (Å²) >= 11 is 0. The maximum Gasteiger partial charge on any atom is 0.150 e. The number of carbonyl (C=O) groups excluding carboxylic acids is 1. The van der Waals surface area contributed by atoms with E-state index >= 15 is 0 Å². The Morgan fingerprint density at radius 3 is 2.89 bits per heavy atom. The predicted molar refractivity (Wildman–Crippen MR) is 78.0 cm³/mol. The van der Waals surface area contributed by atoms with Crippen LogP contribution in [-0.4, -0.2) is 43.4 Å². The van der Waals surface area contributed by atoms with Crippen molar-refractivity contribution in [2.24, 2.45) is 0 Å². The molecule has 0 amide bonds. The van der Waals surface area contributed by atoms with Gasteiger partial charge in [0, 0.05) is 36.9 Å². The van der Waals surface area contributed by atoms with Gasteiger partial charge in [-0.05, 0) is 50.1 Å². The zero-order chi connectivity index (χ0) is 13.2. The molecule has 2 saturated heterocycles. The molecule has 19 heavy (non-hydrogen) atoms. The van der Waals surface area contributed by atoms with E-state index in [4.69, 9.17) is 0 Å². The lowest BCUT2D eigenvalue weighted by molar-refractivity contribution is 0.112. The maximum atomic E-state index is 10.8. The van der Waals surface area contributed by atoms with E-state index in [9.17, 15) is 4.79 Å². The number of carbonyl (C=O) groups is 1. The van der Waals surface area contributed by atoms with E-state index in [1.165, 1.54) is 43.6 Å². The lowest BCUT2D eigenvalue weighted by Gasteiger charge is -2.45.